The molecule has 76 valence electrons. The third kappa shape index (κ3) is 3.14. The molecular weight excluding hydrogens is 182 g/mol. The van der Waals surface area contributed by atoms with E-state index in [0.29, 0.717) is 13.1 Å². The van der Waals surface area contributed by atoms with Crippen molar-refractivity contribution in [3.05, 3.63) is 0 Å². The highest BCUT2D eigenvalue weighted by Gasteiger charge is 2.30. The van der Waals surface area contributed by atoms with E-state index in [1.54, 1.807) is 4.90 Å². The molecule has 0 aliphatic carbocycles. The molecule has 13 heavy (non-hydrogen) atoms. The summed E-state index contributed by atoms with van der Waals surface area (Å²) in [6, 6.07) is 0. The van der Waals surface area contributed by atoms with Crippen LogP contribution in [0.5, 0.6) is 0 Å². The van der Waals surface area contributed by atoms with Gasteiger partial charge in [0.2, 0.25) is 0 Å². The van der Waals surface area contributed by atoms with Crippen molar-refractivity contribution in [1.29, 1.82) is 0 Å². The zero-order valence-electron chi connectivity index (χ0n) is 7.08. The lowest BCUT2D eigenvalue weighted by Gasteiger charge is -2.38. The maximum atomic E-state index is 12.4. The lowest BCUT2D eigenvalue weighted by Crippen LogP contribution is -2.55. The number of carbonyl (C=O) groups excluding carboxylic acids is 1. The van der Waals surface area contributed by atoms with E-state index in [1.807, 2.05) is 0 Å². The summed E-state index contributed by atoms with van der Waals surface area (Å²) in [7, 11) is 0. The van der Waals surface area contributed by atoms with Crippen molar-refractivity contribution in [2.45, 2.75) is 12.3 Å². The van der Waals surface area contributed by atoms with Crippen molar-refractivity contribution >= 4 is 6.09 Å². The summed E-state index contributed by atoms with van der Waals surface area (Å²) in [6.45, 7) is -0.0559. The Hall–Kier alpha value is -0.910. The minimum absolute atomic E-state index is 0.0507. The Morgan fingerprint density at radius 3 is 2.77 bits per heavy atom. The summed E-state index contributed by atoms with van der Waals surface area (Å²) in [5.74, 6) is 0. The molecule has 0 aromatic rings. The molecule has 1 unspecified atom stereocenters. The first kappa shape index (κ1) is 10.2. The summed E-state index contributed by atoms with van der Waals surface area (Å²) < 4.78 is 28.8. The molecule has 1 rings (SSSR count). The van der Waals surface area contributed by atoms with E-state index >= 15 is 0 Å². The average molecular weight is 194 g/mol. The molecule has 1 saturated heterocycles. The molecule has 1 amide bonds. The van der Waals surface area contributed by atoms with Crippen LogP contribution in [0.2, 0.25) is 0 Å². The summed E-state index contributed by atoms with van der Waals surface area (Å²) in [5, 5.41) is 0. The van der Waals surface area contributed by atoms with Crippen molar-refractivity contribution < 1.29 is 18.3 Å². The molecule has 1 atom stereocenters. The van der Waals surface area contributed by atoms with Crippen LogP contribution in [-0.2, 0) is 4.74 Å². The van der Waals surface area contributed by atoms with Crippen LogP contribution < -0.4 is 5.73 Å². The Kier molecular flexibility index (Phi) is 3.41. The van der Waals surface area contributed by atoms with Crippen LogP contribution in [0.3, 0.4) is 0 Å². The Bertz CT molecular complexity index is 185. The first-order chi connectivity index (χ1) is 6.11. The number of rotatable bonds is 4. The van der Waals surface area contributed by atoms with Gasteiger partial charge in [-0.15, -0.1) is 0 Å². The molecule has 0 aromatic carbocycles. The van der Waals surface area contributed by atoms with Crippen LogP contribution in [-0.4, -0.2) is 49.6 Å². The molecule has 4 nitrogen and oxygen atoms in total. The number of nitrogens with two attached hydrogens (primary N) is 1. The van der Waals surface area contributed by atoms with E-state index in [2.05, 4.69) is 4.74 Å². The number of hydrogen-bond acceptors (Lipinski definition) is 3. The fourth-order valence-electron chi connectivity index (χ4n) is 1.24. The molecule has 6 heteroatoms. The van der Waals surface area contributed by atoms with Gasteiger partial charge in [0.25, 0.3) is 0 Å². The van der Waals surface area contributed by atoms with Crippen LogP contribution in [0, 0.1) is 0 Å². The van der Waals surface area contributed by atoms with E-state index in [1.165, 1.54) is 0 Å². The van der Waals surface area contributed by atoms with E-state index < -0.39 is 18.9 Å². The molecule has 1 aliphatic heterocycles. The van der Waals surface area contributed by atoms with Gasteiger partial charge in [0.05, 0.1) is 0 Å². The number of primary amides is 1. The highest BCUT2D eigenvalue weighted by atomic mass is 19.2. The number of amides is 1. The van der Waals surface area contributed by atoms with E-state index in [4.69, 9.17) is 5.73 Å². The SMILES string of the molecule is NC(=O)OC1CN(CC(F)CF)C1. The van der Waals surface area contributed by atoms with Gasteiger partial charge in [0.1, 0.15) is 19.0 Å². The highest BCUT2D eigenvalue weighted by molar-refractivity contribution is 5.64. The molecule has 0 aromatic heterocycles. The third-order valence-electron chi connectivity index (χ3n) is 1.83. The van der Waals surface area contributed by atoms with Gasteiger partial charge >= 0.3 is 6.09 Å². The maximum absolute atomic E-state index is 12.4. The van der Waals surface area contributed by atoms with Gasteiger partial charge in [0, 0.05) is 19.6 Å². The highest BCUT2D eigenvalue weighted by Crippen LogP contribution is 2.12. The molecule has 0 spiro atoms. The van der Waals surface area contributed by atoms with Crippen molar-refractivity contribution in [2.75, 3.05) is 26.3 Å². The number of alkyl halides is 2. The number of likely N-dealkylation sites (tertiary alicyclic amines) is 1. The number of carbonyl (C=O) groups is 1. The van der Waals surface area contributed by atoms with Crippen LogP contribution in [0.1, 0.15) is 0 Å². The van der Waals surface area contributed by atoms with E-state index in [0.717, 1.165) is 0 Å². The Labute approximate surface area is 74.6 Å². The number of nitrogens with zero attached hydrogens (tertiary/aromatic N) is 1. The van der Waals surface area contributed by atoms with E-state index in [9.17, 15) is 13.6 Å². The first-order valence-corrected chi connectivity index (χ1v) is 4.00. The summed E-state index contributed by atoms with van der Waals surface area (Å²) in [6.07, 6.45) is -2.54. The number of ether oxygens (including phenoxy) is 1. The summed E-state index contributed by atoms with van der Waals surface area (Å²) in [5.41, 5.74) is 4.76. The van der Waals surface area contributed by atoms with Gasteiger partial charge in [-0.3, -0.25) is 4.90 Å². The van der Waals surface area contributed by atoms with Gasteiger partial charge in [-0.25, -0.2) is 13.6 Å². The largest absolute Gasteiger partial charge is 0.444 e. The molecule has 0 radical (unpaired) electrons. The molecule has 2 N–H and O–H groups in total. The quantitative estimate of drug-likeness (QED) is 0.689. The van der Waals surface area contributed by atoms with Gasteiger partial charge < -0.3 is 10.5 Å². The first-order valence-electron chi connectivity index (χ1n) is 4.00. The van der Waals surface area contributed by atoms with Crippen LogP contribution in [0.4, 0.5) is 13.6 Å². The predicted octanol–water partition coefficient (Wildman–Crippen LogP) is 0.0735. The average Bonchev–Trinajstić information content (AvgIpc) is 1.99. The van der Waals surface area contributed by atoms with Crippen molar-refractivity contribution in [3.8, 4) is 0 Å². The van der Waals surface area contributed by atoms with Gasteiger partial charge in [0.15, 0.2) is 0 Å². The Balaban J connectivity index is 2.08. The standard InChI is InChI=1S/C7H12F2N2O2/c8-1-5(9)2-11-3-6(4-11)13-7(10)12/h5-6H,1-4H2,(H2,10,12). The molecule has 0 bridgehead atoms. The van der Waals surface area contributed by atoms with Crippen molar-refractivity contribution in [2.24, 2.45) is 5.73 Å². The molecule has 0 saturated carbocycles. The van der Waals surface area contributed by atoms with E-state index in [-0.39, 0.29) is 12.6 Å². The van der Waals surface area contributed by atoms with Crippen molar-refractivity contribution in [3.63, 3.8) is 0 Å². The van der Waals surface area contributed by atoms with Gasteiger partial charge in [-0.05, 0) is 0 Å². The Morgan fingerprint density at radius 2 is 2.31 bits per heavy atom. The topological polar surface area (TPSA) is 55.6 Å². The fourth-order valence-corrected chi connectivity index (χ4v) is 1.24. The molecule has 1 heterocycles. The van der Waals surface area contributed by atoms with Gasteiger partial charge in [-0.2, -0.15) is 0 Å². The monoisotopic (exact) mass is 194 g/mol. The fraction of sp³-hybridized carbons (Fsp3) is 0.857. The zero-order chi connectivity index (χ0) is 9.84. The minimum Gasteiger partial charge on any atom is -0.444 e. The molecule has 1 aliphatic rings. The summed E-state index contributed by atoms with van der Waals surface area (Å²) >= 11 is 0. The predicted molar refractivity (Wildman–Crippen MR) is 41.8 cm³/mol. The van der Waals surface area contributed by atoms with Crippen LogP contribution in [0.15, 0.2) is 0 Å². The normalized spacial score (nSPS) is 20.8. The smallest absolute Gasteiger partial charge is 0.404 e. The maximum Gasteiger partial charge on any atom is 0.404 e. The Morgan fingerprint density at radius 1 is 1.69 bits per heavy atom. The van der Waals surface area contributed by atoms with Crippen molar-refractivity contribution in [1.82, 2.24) is 4.90 Å². The lowest BCUT2D eigenvalue weighted by atomic mass is 10.1. The second kappa shape index (κ2) is 4.36. The number of hydrogen-bond donors (Lipinski definition) is 1. The second-order valence-corrected chi connectivity index (χ2v) is 3.03. The number of halogens is 2. The third-order valence-corrected chi connectivity index (χ3v) is 1.83. The zero-order valence-corrected chi connectivity index (χ0v) is 7.08. The van der Waals surface area contributed by atoms with Crippen LogP contribution >= 0.6 is 0 Å². The summed E-state index contributed by atoms with van der Waals surface area (Å²) in [4.78, 5) is 11.9. The molecule has 1 fully saturated rings. The van der Waals surface area contributed by atoms with Crippen LogP contribution in [0.25, 0.3) is 0 Å². The second-order valence-electron chi connectivity index (χ2n) is 3.03. The van der Waals surface area contributed by atoms with Gasteiger partial charge in [-0.1, -0.05) is 0 Å². The lowest BCUT2D eigenvalue weighted by molar-refractivity contribution is -0.0212. The molecular formula is C7H12F2N2O2. The minimum atomic E-state index is -1.45.